The standard InChI is InChI=1S/C13H20N2OS/c1-10(2)17-9-8-14-12-4-6-13(7-5-12)15-11(3)16/h4-7,10,14H,8-9H2,1-3H3,(H,15,16). The Morgan fingerprint density at radius 2 is 1.82 bits per heavy atom. The molecule has 0 heterocycles. The molecule has 1 amide bonds. The fraction of sp³-hybridized carbons (Fsp3) is 0.462. The van der Waals surface area contributed by atoms with E-state index in [0.717, 1.165) is 23.7 Å². The van der Waals surface area contributed by atoms with Gasteiger partial charge in [0, 0.05) is 30.6 Å². The SMILES string of the molecule is CC(=O)Nc1ccc(NCCSC(C)C)cc1. The van der Waals surface area contributed by atoms with Crippen LogP contribution in [0.25, 0.3) is 0 Å². The van der Waals surface area contributed by atoms with E-state index in [0.29, 0.717) is 5.25 Å². The molecule has 4 heteroatoms. The first-order valence-corrected chi connectivity index (χ1v) is 6.86. The number of amides is 1. The van der Waals surface area contributed by atoms with E-state index in [1.54, 1.807) is 0 Å². The van der Waals surface area contributed by atoms with E-state index in [-0.39, 0.29) is 5.91 Å². The molecule has 0 unspecified atom stereocenters. The topological polar surface area (TPSA) is 41.1 Å². The highest BCUT2D eigenvalue weighted by atomic mass is 32.2. The summed E-state index contributed by atoms with van der Waals surface area (Å²) in [6, 6.07) is 7.76. The second-order valence-electron chi connectivity index (χ2n) is 4.10. The van der Waals surface area contributed by atoms with E-state index in [1.165, 1.54) is 6.92 Å². The average Bonchev–Trinajstić information content (AvgIpc) is 2.25. The Balaban J connectivity index is 2.32. The summed E-state index contributed by atoms with van der Waals surface area (Å²) < 4.78 is 0. The number of hydrogen-bond acceptors (Lipinski definition) is 3. The smallest absolute Gasteiger partial charge is 0.221 e. The van der Waals surface area contributed by atoms with Crippen LogP contribution < -0.4 is 10.6 Å². The van der Waals surface area contributed by atoms with Crippen molar-refractivity contribution in [2.45, 2.75) is 26.0 Å². The number of hydrogen-bond donors (Lipinski definition) is 2. The van der Waals surface area contributed by atoms with E-state index in [2.05, 4.69) is 24.5 Å². The molecule has 0 saturated carbocycles. The fourth-order valence-corrected chi connectivity index (χ4v) is 2.06. The second kappa shape index (κ2) is 7.22. The largest absolute Gasteiger partial charge is 0.384 e. The first-order chi connectivity index (χ1) is 8.08. The predicted octanol–water partition coefficient (Wildman–Crippen LogP) is 3.20. The zero-order valence-corrected chi connectivity index (χ0v) is 11.4. The summed E-state index contributed by atoms with van der Waals surface area (Å²) in [6.45, 7) is 6.87. The number of thioether (sulfide) groups is 1. The molecule has 0 aromatic heterocycles. The summed E-state index contributed by atoms with van der Waals surface area (Å²) in [6.07, 6.45) is 0. The molecule has 1 rings (SSSR count). The van der Waals surface area contributed by atoms with E-state index in [9.17, 15) is 4.79 Å². The maximum atomic E-state index is 10.8. The van der Waals surface area contributed by atoms with Gasteiger partial charge in [0.25, 0.3) is 0 Å². The van der Waals surface area contributed by atoms with Gasteiger partial charge in [0.15, 0.2) is 0 Å². The van der Waals surface area contributed by atoms with Gasteiger partial charge < -0.3 is 10.6 Å². The van der Waals surface area contributed by atoms with Crippen LogP contribution in [-0.2, 0) is 4.79 Å². The molecule has 1 aromatic carbocycles. The lowest BCUT2D eigenvalue weighted by Gasteiger charge is -2.08. The zero-order valence-electron chi connectivity index (χ0n) is 10.6. The van der Waals surface area contributed by atoms with Gasteiger partial charge in [-0.3, -0.25) is 4.79 Å². The van der Waals surface area contributed by atoms with Crippen LogP contribution in [0.4, 0.5) is 11.4 Å². The van der Waals surface area contributed by atoms with Gasteiger partial charge in [0.05, 0.1) is 0 Å². The van der Waals surface area contributed by atoms with Crippen molar-refractivity contribution >= 4 is 29.0 Å². The number of benzene rings is 1. The van der Waals surface area contributed by atoms with Crippen LogP contribution in [0.1, 0.15) is 20.8 Å². The van der Waals surface area contributed by atoms with Gasteiger partial charge in [0.2, 0.25) is 5.91 Å². The van der Waals surface area contributed by atoms with Crippen molar-refractivity contribution in [3.8, 4) is 0 Å². The van der Waals surface area contributed by atoms with E-state index in [4.69, 9.17) is 0 Å². The van der Waals surface area contributed by atoms with Crippen molar-refractivity contribution in [1.29, 1.82) is 0 Å². The molecular weight excluding hydrogens is 232 g/mol. The van der Waals surface area contributed by atoms with E-state index in [1.807, 2.05) is 36.0 Å². The molecule has 1 aromatic rings. The molecular formula is C13H20N2OS. The third-order valence-electron chi connectivity index (χ3n) is 2.09. The molecule has 0 radical (unpaired) electrons. The van der Waals surface area contributed by atoms with Gasteiger partial charge in [-0.25, -0.2) is 0 Å². The Kier molecular flexibility index (Phi) is 5.91. The Labute approximate surface area is 107 Å². The summed E-state index contributed by atoms with van der Waals surface area (Å²) in [5.41, 5.74) is 1.92. The minimum atomic E-state index is -0.0426. The van der Waals surface area contributed by atoms with Gasteiger partial charge in [-0.15, -0.1) is 0 Å². The molecule has 0 fully saturated rings. The zero-order chi connectivity index (χ0) is 12.7. The summed E-state index contributed by atoms with van der Waals surface area (Å²) in [5, 5.41) is 6.77. The number of nitrogens with one attached hydrogen (secondary N) is 2. The first kappa shape index (κ1) is 13.9. The van der Waals surface area contributed by atoms with Gasteiger partial charge in [0.1, 0.15) is 0 Å². The summed E-state index contributed by atoms with van der Waals surface area (Å²) >= 11 is 1.94. The number of carbonyl (C=O) groups excluding carboxylic acids is 1. The molecule has 0 spiro atoms. The molecule has 94 valence electrons. The maximum Gasteiger partial charge on any atom is 0.221 e. The quantitative estimate of drug-likeness (QED) is 0.764. The Bertz CT molecular complexity index is 349. The molecule has 2 N–H and O–H groups in total. The first-order valence-electron chi connectivity index (χ1n) is 5.81. The summed E-state index contributed by atoms with van der Waals surface area (Å²) in [5.74, 6) is 1.06. The maximum absolute atomic E-state index is 10.8. The molecule has 0 aliphatic carbocycles. The van der Waals surface area contributed by atoms with Crippen LogP contribution >= 0.6 is 11.8 Å². The van der Waals surface area contributed by atoms with E-state index < -0.39 is 0 Å². The van der Waals surface area contributed by atoms with Crippen LogP contribution in [0.3, 0.4) is 0 Å². The number of rotatable bonds is 6. The molecule has 0 atom stereocenters. The minimum absolute atomic E-state index is 0.0426. The highest BCUT2D eigenvalue weighted by Crippen LogP contribution is 2.14. The van der Waals surface area contributed by atoms with Crippen molar-refractivity contribution < 1.29 is 4.79 Å². The van der Waals surface area contributed by atoms with Crippen LogP contribution in [0.2, 0.25) is 0 Å². The minimum Gasteiger partial charge on any atom is -0.384 e. The van der Waals surface area contributed by atoms with Gasteiger partial charge in [-0.1, -0.05) is 13.8 Å². The Morgan fingerprint density at radius 1 is 1.24 bits per heavy atom. The van der Waals surface area contributed by atoms with Crippen LogP contribution in [0.15, 0.2) is 24.3 Å². The highest BCUT2D eigenvalue weighted by Gasteiger charge is 1.97. The highest BCUT2D eigenvalue weighted by molar-refractivity contribution is 7.99. The molecule has 3 nitrogen and oxygen atoms in total. The molecule has 0 bridgehead atoms. The lowest BCUT2D eigenvalue weighted by Crippen LogP contribution is -2.07. The monoisotopic (exact) mass is 252 g/mol. The molecule has 0 aliphatic heterocycles. The number of anilines is 2. The predicted molar refractivity (Wildman–Crippen MR) is 76.8 cm³/mol. The Hall–Kier alpha value is -1.16. The van der Waals surface area contributed by atoms with Gasteiger partial charge >= 0.3 is 0 Å². The van der Waals surface area contributed by atoms with Gasteiger partial charge in [-0.2, -0.15) is 11.8 Å². The van der Waals surface area contributed by atoms with Crippen molar-refractivity contribution in [2.75, 3.05) is 22.9 Å². The van der Waals surface area contributed by atoms with E-state index >= 15 is 0 Å². The normalized spacial score (nSPS) is 10.4. The summed E-state index contributed by atoms with van der Waals surface area (Å²) in [4.78, 5) is 10.8. The second-order valence-corrected chi connectivity index (χ2v) is 5.79. The average molecular weight is 252 g/mol. The van der Waals surface area contributed by atoms with Crippen LogP contribution in [0, 0.1) is 0 Å². The molecule has 0 saturated heterocycles. The lowest BCUT2D eigenvalue weighted by molar-refractivity contribution is -0.114. The molecule has 17 heavy (non-hydrogen) atoms. The molecule has 0 aliphatic rings. The van der Waals surface area contributed by atoms with Crippen LogP contribution in [-0.4, -0.2) is 23.5 Å². The van der Waals surface area contributed by atoms with Crippen molar-refractivity contribution in [3.63, 3.8) is 0 Å². The van der Waals surface area contributed by atoms with Crippen LogP contribution in [0.5, 0.6) is 0 Å². The fourth-order valence-electron chi connectivity index (χ4n) is 1.36. The van der Waals surface area contributed by atoms with Gasteiger partial charge in [-0.05, 0) is 29.5 Å². The van der Waals surface area contributed by atoms with Crippen molar-refractivity contribution in [1.82, 2.24) is 0 Å². The number of carbonyl (C=O) groups is 1. The van der Waals surface area contributed by atoms with Crippen molar-refractivity contribution in [2.24, 2.45) is 0 Å². The van der Waals surface area contributed by atoms with Crippen molar-refractivity contribution in [3.05, 3.63) is 24.3 Å². The Morgan fingerprint density at radius 3 is 2.35 bits per heavy atom. The lowest BCUT2D eigenvalue weighted by atomic mass is 10.3. The summed E-state index contributed by atoms with van der Waals surface area (Å²) in [7, 11) is 0. The third-order valence-corrected chi connectivity index (χ3v) is 3.19. The third kappa shape index (κ3) is 6.22.